The molecular formula is C26H26FIN6O5S. The first kappa shape index (κ1) is 28.0. The van der Waals surface area contributed by atoms with Crippen molar-refractivity contribution in [3.05, 3.63) is 88.1 Å². The molecule has 0 bridgehead atoms. The second-order valence-electron chi connectivity index (χ2n) is 9.59. The highest BCUT2D eigenvalue weighted by atomic mass is 127. The molecule has 0 saturated heterocycles. The van der Waals surface area contributed by atoms with Crippen molar-refractivity contribution in [2.45, 2.75) is 32.7 Å². The molecule has 0 amide bonds. The molecule has 210 valence electrons. The molecule has 2 heterocycles. The van der Waals surface area contributed by atoms with Gasteiger partial charge in [-0.05, 0) is 85.2 Å². The van der Waals surface area contributed by atoms with Crippen LogP contribution in [0.5, 0.6) is 0 Å². The Labute approximate surface area is 242 Å². The lowest BCUT2D eigenvalue weighted by Gasteiger charge is -2.22. The highest BCUT2D eigenvalue weighted by Crippen LogP contribution is 2.35. The van der Waals surface area contributed by atoms with Gasteiger partial charge < -0.3 is 5.32 Å². The van der Waals surface area contributed by atoms with Crippen molar-refractivity contribution in [3.8, 4) is 5.69 Å². The second kappa shape index (κ2) is 10.2. The minimum absolute atomic E-state index is 0.0311. The molecule has 11 nitrogen and oxygen atoms in total. The normalized spacial score (nSPS) is 13.6. The van der Waals surface area contributed by atoms with Gasteiger partial charge in [-0.25, -0.2) is 13.9 Å². The number of hydrogen-bond donors (Lipinski definition) is 3. The largest absolute Gasteiger partial charge is 0.338 e. The molecule has 0 atom stereocenters. The number of aryl methyl sites for hydroxylation is 1. The van der Waals surface area contributed by atoms with E-state index in [-0.39, 0.29) is 45.4 Å². The Kier molecular flexibility index (Phi) is 7.12. The van der Waals surface area contributed by atoms with Crippen molar-refractivity contribution in [3.63, 3.8) is 0 Å². The highest BCUT2D eigenvalue weighted by molar-refractivity contribution is 14.1. The Morgan fingerprint density at radius 1 is 1.00 bits per heavy atom. The van der Waals surface area contributed by atoms with E-state index in [1.54, 1.807) is 25.1 Å². The van der Waals surface area contributed by atoms with Crippen LogP contribution in [0.2, 0.25) is 0 Å². The van der Waals surface area contributed by atoms with Crippen molar-refractivity contribution in [1.82, 2.24) is 18.4 Å². The van der Waals surface area contributed by atoms with E-state index in [1.165, 1.54) is 48.4 Å². The molecule has 1 fully saturated rings. The Bertz CT molecular complexity index is 2000. The summed E-state index contributed by atoms with van der Waals surface area (Å²) in [5.41, 5.74) is -0.638. The molecule has 1 saturated carbocycles. The van der Waals surface area contributed by atoms with E-state index in [4.69, 9.17) is 0 Å². The van der Waals surface area contributed by atoms with E-state index >= 15 is 0 Å². The van der Waals surface area contributed by atoms with Crippen molar-refractivity contribution >= 4 is 60.9 Å². The Morgan fingerprint density at radius 2 is 1.70 bits per heavy atom. The number of halogens is 2. The highest BCUT2D eigenvalue weighted by Gasteiger charge is 2.32. The lowest BCUT2D eigenvalue weighted by molar-refractivity contribution is 0.593. The van der Waals surface area contributed by atoms with Crippen LogP contribution in [0.25, 0.3) is 16.6 Å². The molecule has 0 unspecified atom stereocenters. The van der Waals surface area contributed by atoms with E-state index in [2.05, 4.69) is 14.8 Å². The van der Waals surface area contributed by atoms with Crippen molar-refractivity contribution in [2.24, 2.45) is 7.05 Å². The van der Waals surface area contributed by atoms with E-state index in [9.17, 15) is 27.2 Å². The number of anilines is 3. The van der Waals surface area contributed by atoms with E-state index in [0.29, 0.717) is 22.0 Å². The van der Waals surface area contributed by atoms with Crippen LogP contribution in [0, 0.1) is 23.2 Å². The van der Waals surface area contributed by atoms with Gasteiger partial charge in [0.15, 0.2) is 0 Å². The van der Waals surface area contributed by atoms with Gasteiger partial charge in [0, 0.05) is 29.3 Å². The summed E-state index contributed by atoms with van der Waals surface area (Å²) in [7, 11) is -1.15. The van der Waals surface area contributed by atoms with Gasteiger partial charge in [0.1, 0.15) is 17.0 Å². The Hall–Kier alpha value is -3.50. The van der Waals surface area contributed by atoms with Gasteiger partial charge in [0.05, 0.1) is 22.6 Å². The van der Waals surface area contributed by atoms with Crippen molar-refractivity contribution in [1.29, 1.82) is 0 Å². The maximum absolute atomic E-state index is 14.9. The van der Waals surface area contributed by atoms with E-state index in [1.807, 2.05) is 22.6 Å². The molecule has 5 rings (SSSR count). The van der Waals surface area contributed by atoms with Crippen LogP contribution in [0.1, 0.15) is 30.0 Å². The van der Waals surface area contributed by atoms with Gasteiger partial charge in [0.25, 0.3) is 21.3 Å². The van der Waals surface area contributed by atoms with Crippen LogP contribution >= 0.6 is 22.6 Å². The Balaban J connectivity index is 1.91. The predicted molar refractivity (Wildman–Crippen MR) is 161 cm³/mol. The fraction of sp³-hybridized carbons (Fsp3) is 0.269. The molecule has 4 aromatic rings. The minimum atomic E-state index is -3.88. The van der Waals surface area contributed by atoms with Gasteiger partial charge in [0.2, 0.25) is 0 Å². The summed E-state index contributed by atoms with van der Waals surface area (Å²) in [5.74, 6) is -0.548. The molecule has 2 aromatic carbocycles. The van der Waals surface area contributed by atoms with Gasteiger partial charge in [-0.3, -0.25) is 28.0 Å². The summed E-state index contributed by atoms with van der Waals surface area (Å²) in [6.07, 6.45) is 1.25. The summed E-state index contributed by atoms with van der Waals surface area (Å²) < 4.78 is 48.3. The summed E-state index contributed by atoms with van der Waals surface area (Å²) in [4.78, 5) is 41.4. The van der Waals surface area contributed by atoms with Gasteiger partial charge in [-0.1, -0.05) is 6.07 Å². The number of hydrogen-bond acceptors (Lipinski definition) is 6. The third-order valence-corrected chi connectivity index (χ3v) is 8.70. The lowest BCUT2D eigenvalue weighted by atomic mass is 10.1. The maximum atomic E-state index is 14.9. The monoisotopic (exact) mass is 680 g/mol. The Morgan fingerprint density at radius 3 is 2.33 bits per heavy atom. The standard InChI is InChI=1S/C26H26FIN6O5S/c1-13-18(31-40(38,39)29-3)6-5-7-20(13)34-22-14(2)24(35)32(4)23(30-19-11-8-15(28)12-17(19)27)21(22)25(36)33(26(34)37)16-9-10-16/h5-8,11-12,16,29-31H,9-10H2,1-4H3. The number of rotatable bonds is 7. The maximum Gasteiger partial charge on any atom is 0.336 e. The molecule has 2 aromatic heterocycles. The number of nitrogens with one attached hydrogen (secondary N) is 3. The van der Waals surface area contributed by atoms with Crippen LogP contribution < -0.4 is 31.6 Å². The number of pyridine rings is 1. The van der Waals surface area contributed by atoms with Crippen LogP contribution in [0.4, 0.5) is 21.6 Å². The van der Waals surface area contributed by atoms with Gasteiger partial charge in [-0.2, -0.15) is 8.42 Å². The van der Waals surface area contributed by atoms with Gasteiger partial charge >= 0.3 is 5.69 Å². The fourth-order valence-corrected chi connectivity index (χ4v) is 5.80. The van der Waals surface area contributed by atoms with Crippen LogP contribution in [-0.4, -0.2) is 29.2 Å². The number of benzene rings is 2. The summed E-state index contributed by atoms with van der Waals surface area (Å²) >= 11 is 1.98. The summed E-state index contributed by atoms with van der Waals surface area (Å²) in [6.45, 7) is 3.14. The first-order valence-corrected chi connectivity index (χ1v) is 14.9. The molecule has 14 heteroatoms. The molecular weight excluding hydrogens is 654 g/mol. The van der Waals surface area contributed by atoms with Crippen molar-refractivity contribution in [2.75, 3.05) is 17.1 Å². The average Bonchev–Trinajstić information content (AvgIpc) is 3.73. The van der Waals surface area contributed by atoms with Crippen LogP contribution in [-0.2, 0) is 17.3 Å². The minimum Gasteiger partial charge on any atom is -0.338 e. The van der Waals surface area contributed by atoms with E-state index < -0.39 is 32.8 Å². The zero-order valence-electron chi connectivity index (χ0n) is 22.0. The lowest BCUT2D eigenvalue weighted by Crippen LogP contribution is -2.41. The quantitative estimate of drug-likeness (QED) is 0.257. The first-order valence-electron chi connectivity index (χ1n) is 12.3. The van der Waals surface area contributed by atoms with Crippen LogP contribution in [0.3, 0.4) is 0 Å². The number of fused-ring (bicyclic) bond motifs is 1. The molecule has 0 aliphatic heterocycles. The molecule has 40 heavy (non-hydrogen) atoms. The third kappa shape index (κ3) is 4.73. The number of nitrogens with zero attached hydrogens (tertiary/aromatic N) is 3. The first-order chi connectivity index (χ1) is 18.9. The average molecular weight is 680 g/mol. The topological polar surface area (TPSA) is 136 Å². The molecule has 1 aliphatic rings. The second-order valence-corrected chi connectivity index (χ2v) is 12.5. The summed E-state index contributed by atoms with van der Waals surface area (Å²) in [6, 6.07) is 8.88. The van der Waals surface area contributed by atoms with Crippen molar-refractivity contribution < 1.29 is 12.8 Å². The van der Waals surface area contributed by atoms with Crippen LogP contribution in [0.15, 0.2) is 50.8 Å². The molecule has 0 radical (unpaired) electrons. The summed E-state index contributed by atoms with van der Waals surface area (Å²) in [5, 5.41) is 2.96. The fourth-order valence-electron chi connectivity index (χ4n) is 4.73. The SMILES string of the molecule is CNS(=O)(=O)Nc1cccc(-n2c(=O)n(C3CC3)c(=O)c3c(Nc4ccc(I)cc4F)n(C)c(=O)c(C)c32)c1C. The number of aromatic nitrogens is 3. The molecule has 3 N–H and O–H groups in total. The predicted octanol–water partition coefficient (Wildman–Crippen LogP) is 3.17. The third-order valence-electron chi connectivity index (χ3n) is 7.00. The zero-order valence-corrected chi connectivity index (χ0v) is 25.0. The molecule has 0 spiro atoms. The smallest absolute Gasteiger partial charge is 0.336 e. The van der Waals surface area contributed by atoms with Gasteiger partial charge in [-0.15, -0.1) is 0 Å². The molecule has 1 aliphatic carbocycles. The van der Waals surface area contributed by atoms with E-state index in [0.717, 1.165) is 4.57 Å². The zero-order chi connectivity index (χ0) is 29.1.